The molecule has 0 saturated heterocycles. The van der Waals surface area contributed by atoms with E-state index in [0.717, 1.165) is 18.4 Å². The molecule has 0 radical (unpaired) electrons. The number of rotatable bonds is 9. The molecule has 5 nitrogen and oxygen atoms in total. The summed E-state index contributed by atoms with van der Waals surface area (Å²) in [5.41, 5.74) is 1.47. The fourth-order valence-electron chi connectivity index (χ4n) is 2.20. The summed E-state index contributed by atoms with van der Waals surface area (Å²) < 4.78 is 10.6. The van der Waals surface area contributed by atoms with E-state index < -0.39 is 5.97 Å². The van der Waals surface area contributed by atoms with Gasteiger partial charge in [-0.3, -0.25) is 4.79 Å². The Morgan fingerprint density at radius 2 is 1.91 bits per heavy atom. The maximum atomic E-state index is 10.7. The van der Waals surface area contributed by atoms with E-state index in [1.807, 2.05) is 12.2 Å². The van der Waals surface area contributed by atoms with Gasteiger partial charge >= 0.3 is 5.97 Å². The van der Waals surface area contributed by atoms with E-state index in [-0.39, 0.29) is 12.5 Å². The maximum Gasteiger partial charge on any atom is 0.306 e. The van der Waals surface area contributed by atoms with Crippen molar-refractivity contribution in [1.29, 1.82) is 0 Å². The fraction of sp³-hybridized carbons (Fsp3) is 0.471. The first-order valence-corrected chi connectivity index (χ1v) is 7.29. The number of ether oxygens (including phenoxy) is 2. The third kappa shape index (κ3) is 4.77. The van der Waals surface area contributed by atoms with Gasteiger partial charge in [0.2, 0.25) is 0 Å². The van der Waals surface area contributed by atoms with Crippen molar-refractivity contribution >= 4 is 12.0 Å². The Labute approximate surface area is 131 Å². The minimum absolute atomic E-state index is 0.143. The number of allylic oxidation sites excluding steroid dienone is 1. The van der Waals surface area contributed by atoms with Gasteiger partial charge in [0.15, 0.2) is 0 Å². The van der Waals surface area contributed by atoms with E-state index in [1.54, 1.807) is 33.3 Å². The highest BCUT2D eigenvalue weighted by atomic mass is 16.5. The number of hydrogen-bond acceptors (Lipinski definition) is 4. The molecule has 1 unspecified atom stereocenters. The monoisotopic (exact) mass is 308 g/mol. The third-order valence-electron chi connectivity index (χ3n) is 3.59. The summed E-state index contributed by atoms with van der Waals surface area (Å²) in [5, 5.41) is 18.4. The lowest BCUT2D eigenvalue weighted by Crippen LogP contribution is -2.08. The Kier molecular flexibility index (Phi) is 7.46. The van der Waals surface area contributed by atoms with Gasteiger partial charge < -0.3 is 19.7 Å². The van der Waals surface area contributed by atoms with Gasteiger partial charge in [-0.05, 0) is 31.4 Å². The molecule has 0 bridgehead atoms. The van der Waals surface area contributed by atoms with Crippen molar-refractivity contribution in [2.24, 2.45) is 5.92 Å². The van der Waals surface area contributed by atoms with Crippen LogP contribution in [0.25, 0.3) is 6.08 Å². The number of hydrogen-bond donors (Lipinski definition) is 2. The summed E-state index contributed by atoms with van der Waals surface area (Å²) in [6.45, 7) is 1.57. The quantitative estimate of drug-likeness (QED) is 0.686. The molecule has 0 saturated carbocycles. The fourth-order valence-corrected chi connectivity index (χ4v) is 2.20. The van der Waals surface area contributed by atoms with Crippen molar-refractivity contribution in [1.82, 2.24) is 0 Å². The lowest BCUT2D eigenvalue weighted by Gasteiger charge is -2.13. The van der Waals surface area contributed by atoms with E-state index in [0.29, 0.717) is 23.5 Å². The highest BCUT2D eigenvalue weighted by molar-refractivity contribution is 5.69. The van der Waals surface area contributed by atoms with Crippen molar-refractivity contribution in [2.75, 3.05) is 14.2 Å². The Hall–Kier alpha value is -2.01. The smallest absolute Gasteiger partial charge is 0.306 e. The van der Waals surface area contributed by atoms with Gasteiger partial charge in [0.25, 0.3) is 0 Å². The summed E-state index contributed by atoms with van der Waals surface area (Å²) in [6, 6.07) is 3.56. The number of benzene rings is 1. The lowest BCUT2D eigenvalue weighted by atomic mass is 10.0. The van der Waals surface area contributed by atoms with E-state index in [9.17, 15) is 9.90 Å². The van der Waals surface area contributed by atoms with Gasteiger partial charge in [-0.1, -0.05) is 19.1 Å². The lowest BCUT2D eigenvalue weighted by molar-refractivity contribution is -0.141. The van der Waals surface area contributed by atoms with Gasteiger partial charge in [-0.2, -0.15) is 0 Å². The molecular formula is C17H24O5. The van der Waals surface area contributed by atoms with Crippen molar-refractivity contribution in [2.45, 2.75) is 32.8 Å². The molecule has 2 N–H and O–H groups in total. The zero-order valence-electron chi connectivity index (χ0n) is 13.3. The Bertz CT molecular complexity index is 522. The first kappa shape index (κ1) is 18.0. The van der Waals surface area contributed by atoms with Crippen molar-refractivity contribution in [3.63, 3.8) is 0 Å². The van der Waals surface area contributed by atoms with E-state index in [4.69, 9.17) is 14.6 Å². The average molecular weight is 308 g/mol. The zero-order valence-corrected chi connectivity index (χ0v) is 13.3. The third-order valence-corrected chi connectivity index (χ3v) is 3.59. The largest absolute Gasteiger partial charge is 0.496 e. The molecule has 0 spiro atoms. The first-order valence-electron chi connectivity index (χ1n) is 7.29. The predicted octanol–water partition coefficient (Wildman–Crippen LogP) is 3.10. The first-order chi connectivity index (χ1) is 10.5. The molecule has 5 heteroatoms. The summed E-state index contributed by atoms with van der Waals surface area (Å²) in [7, 11) is 3.14. The average Bonchev–Trinajstić information content (AvgIpc) is 2.53. The van der Waals surface area contributed by atoms with Crippen molar-refractivity contribution < 1.29 is 24.5 Å². The Morgan fingerprint density at radius 1 is 1.27 bits per heavy atom. The van der Waals surface area contributed by atoms with Crippen LogP contribution in [-0.2, 0) is 11.4 Å². The van der Waals surface area contributed by atoms with Crippen LogP contribution in [0.5, 0.6) is 11.5 Å². The molecular weight excluding hydrogens is 284 g/mol. The molecule has 0 heterocycles. The maximum absolute atomic E-state index is 10.7. The van der Waals surface area contributed by atoms with Gasteiger partial charge in [-0.25, -0.2) is 0 Å². The number of aliphatic hydroxyl groups is 1. The molecule has 0 aromatic heterocycles. The number of carboxylic acid groups (broad SMARTS) is 1. The van der Waals surface area contributed by atoms with E-state index in [2.05, 4.69) is 0 Å². The van der Waals surface area contributed by atoms with E-state index in [1.165, 1.54) is 0 Å². The molecule has 1 aromatic rings. The van der Waals surface area contributed by atoms with Crippen LogP contribution < -0.4 is 9.47 Å². The number of aliphatic carboxylic acids is 1. The predicted molar refractivity (Wildman–Crippen MR) is 85.2 cm³/mol. The van der Waals surface area contributed by atoms with Gasteiger partial charge in [0.05, 0.1) is 26.7 Å². The number of aliphatic hydroxyl groups excluding tert-OH is 1. The second-order valence-corrected chi connectivity index (χ2v) is 5.09. The number of carboxylic acids is 1. The number of unbranched alkanes of at least 4 members (excludes halogenated alkanes) is 1. The van der Waals surface area contributed by atoms with Crippen LogP contribution in [0, 0.1) is 5.92 Å². The second-order valence-electron chi connectivity index (χ2n) is 5.09. The van der Waals surface area contributed by atoms with Crippen LogP contribution in [0.4, 0.5) is 0 Å². The molecule has 22 heavy (non-hydrogen) atoms. The van der Waals surface area contributed by atoms with Crippen LogP contribution in [0.1, 0.15) is 37.3 Å². The highest BCUT2D eigenvalue weighted by Gasteiger charge is 2.12. The van der Waals surface area contributed by atoms with Crippen molar-refractivity contribution in [3.8, 4) is 11.5 Å². The minimum atomic E-state index is -0.763. The van der Waals surface area contributed by atoms with Crippen LogP contribution in [-0.4, -0.2) is 30.4 Å². The molecule has 0 fully saturated rings. The number of methoxy groups -OCH3 is 2. The molecule has 122 valence electrons. The van der Waals surface area contributed by atoms with Gasteiger partial charge in [-0.15, -0.1) is 0 Å². The summed E-state index contributed by atoms with van der Waals surface area (Å²) in [4.78, 5) is 10.7. The molecule has 1 aromatic carbocycles. The SMILES string of the molecule is COc1ccc(OC)c(CO)c1/C=C\CCCC(C)C(=O)O. The zero-order chi connectivity index (χ0) is 16.5. The summed E-state index contributed by atoms with van der Waals surface area (Å²) in [6.07, 6.45) is 6.05. The summed E-state index contributed by atoms with van der Waals surface area (Å²) in [5.74, 6) is 0.191. The normalized spacial score (nSPS) is 12.4. The Morgan fingerprint density at radius 3 is 2.45 bits per heavy atom. The molecule has 1 atom stereocenters. The highest BCUT2D eigenvalue weighted by Crippen LogP contribution is 2.31. The molecule has 1 rings (SSSR count). The Balaban J connectivity index is 2.78. The summed E-state index contributed by atoms with van der Waals surface area (Å²) >= 11 is 0. The van der Waals surface area contributed by atoms with E-state index >= 15 is 0 Å². The topological polar surface area (TPSA) is 76.0 Å². The second kappa shape index (κ2) is 9.10. The van der Waals surface area contributed by atoms with Crippen LogP contribution in [0.3, 0.4) is 0 Å². The molecule has 0 aliphatic heterocycles. The van der Waals surface area contributed by atoms with Crippen molar-refractivity contribution in [3.05, 3.63) is 29.3 Å². The molecule has 0 amide bonds. The van der Waals surface area contributed by atoms with Gasteiger partial charge in [0.1, 0.15) is 11.5 Å². The standard InChI is InChI=1S/C17H24O5/c1-12(17(19)20)7-5-4-6-8-13-14(11-18)16(22-3)10-9-15(13)21-2/h6,8-10,12,18H,4-5,7,11H2,1-3H3,(H,19,20)/b8-6-. The van der Waals surface area contributed by atoms with Gasteiger partial charge in [0, 0.05) is 11.1 Å². The minimum Gasteiger partial charge on any atom is -0.496 e. The molecule has 0 aliphatic carbocycles. The molecule has 0 aliphatic rings. The van der Waals surface area contributed by atoms with Crippen LogP contribution in [0.15, 0.2) is 18.2 Å². The number of carbonyl (C=O) groups is 1. The van der Waals surface area contributed by atoms with Crippen LogP contribution >= 0.6 is 0 Å². The van der Waals surface area contributed by atoms with Crippen LogP contribution in [0.2, 0.25) is 0 Å².